The predicted molar refractivity (Wildman–Crippen MR) is 136 cm³/mol. The highest BCUT2D eigenvalue weighted by Gasteiger charge is 2.40. The van der Waals surface area contributed by atoms with Gasteiger partial charge in [-0.3, -0.25) is 4.79 Å². The van der Waals surface area contributed by atoms with E-state index in [1.807, 2.05) is 42.6 Å². The van der Waals surface area contributed by atoms with Crippen LogP contribution in [-0.4, -0.2) is 47.7 Å². The zero-order chi connectivity index (χ0) is 26.5. The largest absolute Gasteiger partial charge is 0.741 e. The average molecular weight is 534 g/mol. The number of unbranched alkanes of at least 4 members (excludes halogenated alkanes) is 3. The van der Waals surface area contributed by atoms with Gasteiger partial charge in [0.1, 0.15) is 0 Å². The zero-order valence-corrected chi connectivity index (χ0v) is 22.3. The average Bonchev–Trinajstić information content (AvgIpc) is 2.83. The second-order valence-electron chi connectivity index (χ2n) is 8.37. The van der Waals surface area contributed by atoms with E-state index in [1.54, 1.807) is 0 Å². The van der Waals surface area contributed by atoms with Crippen LogP contribution >= 0.6 is 7.26 Å². The van der Waals surface area contributed by atoms with Gasteiger partial charge in [-0.15, -0.1) is 0 Å². The molecule has 1 heterocycles. The number of alkyl halides is 3. The summed E-state index contributed by atoms with van der Waals surface area (Å²) in [6.07, 6.45) is 13.2. The van der Waals surface area contributed by atoms with Gasteiger partial charge in [0.2, 0.25) is 0 Å². The molecule has 10 heteroatoms. The van der Waals surface area contributed by atoms with Crippen molar-refractivity contribution in [1.29, 1.82) is 0 Å². The van der Waals surface area contributed by atoms with Crippen molar-refractivity contribution in [2.45, 2.75) is 64.8 Å². The van der Waals surface area contributed by atoms with Gasteiger partial charge >= 0.3 is 5.51 Å². The van der Waals surface area contributed by atoms with Crippen LogP contribution in [0.15, 0.2) is 48.7 Å². The fourth-order valence-corrected chi connectivity index (χ4v) is 8.48. The lowest BCUT2D eigenvalue weighted by Gasteiger charge is -2.27. The van der Waals surface area contributed by atoms with E-state index in [0.29, 0.717) is 0 Å². The minimum atomic E-state index is -6.09. The molecule has 0 N–H and O–H groups in total. The Bertz CT molecular complexity index is 993. The Morgan fingerprint density at radius 3 is 1.74 bits per heavy atom. The maximum Gasteiger partial charge on any atom is 0.485 e. The molecule has 0 radical (unpaired) electrons. The first kappa shape index (κ1) is 31.2. The van der Waals surface area contributed by atoms with Gasteiger partial charge < -0.3 is 4.55 Å². The van der Waals surface area contributed by atoms with E-state index in [2.05, 4.69) is 26.8 Å². The summed E-state index contributed by atoms with van der Waals surface area (Å²) in [6, 6.07) is 13.6. The van der Waals surface area contributed by atoms with Gasteiger partial charge in [0, 0.05) is 23.4 Å². The number of pyridine rings is 1. The Balaban J connectivity index is 0.000000658. The molecule has 1 aromatic carbocycles. The van der Waals surface area contributed by atoms with E-state index in [-0.39, 0.29) is 5.78 Å². The Morgan fingerprint density at radius 1 is 0.886 bits per heavy atom. The van der Waals surface area contributed by atoms with E-state index in [9.17, 15) is 18.0 Å². The van der Waals surface area contributed by atoms with Crippen molar-refractivity contribution >= 4 is 28.6 Å². The summed E-state index contributed by atoms with van der Waals surface area (Å²) in [4.78, 5) is 17.8. The molecular formula is C25H35F3NO4PS. The van der Waals surface area contributed by atoms with Gasteiger partial charge in [-0.25, -0.2) is 13.4 Å². The summed E-state index contributed by atoms with van der Waals surface area (Å²) in [7, 11) is -7.41. The number of ketones is 1. The second kappa shape index (κ2) is 14.7. The van der Waals surface area contributed by atoms with Crippen molar-refractivity contribution in [3.63, 3.8) is 0 Å². The quantitative estimate of drug-likeness (QED) is 0.136. The Kier molecular flexibility index (Phi) is 13.1. The molecule has 0 aliphatic heterocycles. The molecular weight excluding hydrogens is 498 g/mol. The van der Waals surface area contributed by atoms with Crippen molar-refractivity contribution in [3.8, 4) is 0 Å². The van der Waals surface area contributed by atoms with Crippen molar-refractivity contribution in [2.24, 2.45) is 0 Å². The summed E-state index contributed by atoms with van der Waals surface area (Å²) in [5.74, 6) is 0.110. The number of halogens is 3. The molecule has 0 saturated carbocycles. The smallest absolute Gasteiger partial charge is 0.485 e. The summed E-state index contributed by atoms with van der Waals surface area (Å²) < 4.78 is 58.9. The molecule has 0 saturated heterocycles. The highest BCUT2D eigenvalue weighted by Crippen LogP contribution is 2.59. The minimum absolute atomic E-state index is 0.110. The standard InChI is InChI=1S/C24H35NOP.CHF3O3S/c1-4-7-17-27(18-8-5-2,19-9-6-3)23-20-22(15-16-25-23)24(26)21-13-11-10-12-14-21;2-1(3,4)8(5,6)7/h10-16,20H,4-9,17-19H2,1-3H3;(H,5,6,7)/q+1;/p-1. The van der Waals surface area contributed by atoms with E-state index >= 15 is 0 Å². The first-order valence-corrected chi connectivity index (χ1v) is 15.6. The van der Waals surface area contributed by atoms with Gasteiger partial charge in [0.05, 0.1) is 25.7 Å². The van der Waals surface area contributed by atoms with Crippen LogP contribution in [0.4, 0.5) is 13.2 Å². The van der Waals surface area contributed by atoms with Crippen LogP contribution in [0.25, 0.3) is 0 Å². The first-order chi connectivity index (χ1) is 16.4. The normalized spacial score (nSPS) is 12.1. The third kappa shape index (κ3) is 9.98. The number of hydrogen-bond donors (Lipinski definition) is 0. The maximum absolute atomic E-state index is 13.0. The summed E-state index contributed by atoms with van der Waals surface area (Å²) >= 11 is 0. The molecule has 2 aromatic rings. The number of nitrogens with zero attached hydrogens (tertiary/aromatic N) is 1. The van der Waals surface area contributed by atoms with Gasteiger partial charge in [-0.2, -0.15) is 13.2 Å². The van der Waals surface area contributed by atoms with Crippen LogP contribution < -0.4 is 5.44 Å². The number of aromatic nitrogens is 1. The highest BCUT2D eigenvalue weighted by molar-refractivity contribution is 7.86. The highest BCUT2D eigenvalue weighted by atomic mass is 32.2. The molecule has 1 aromatic heterocycles. The van der Waals surface area contributed by atoms with Gasteiger partial charge in [-0.1, -0.05) is 70.4 Å². The molecule has 35 heavy (non-hydrogen) atoms. The lowest BCUT2D eigenvalue weighted by atomic mass is 10.1. The molecule has 0 aliphatic rings. The SMILES string of the molecule is CCCC[P+](CCCC)(CCCC)c1cc(C(=O)c2ccccc2)ccn1.O=S(=O)([O-])C(F)(F)F. The summed E-state index contributed by atoms with van der Waals surface area (Å²) in [5.41, 5.74) is -2.86. The topological polar surface area (TPSA) is 87.2 Å². The second-order valence-corrected chi connectivity index (χ2v) is 13.8. The molecule has 0 aliphatic carbocycles. The molecule has 196 valence electrons. The summed E-state index contributed by atoms with van der Waals surface area (Å²) in [5, 5.41) is 0. The van der Waals surface area contributed by atoms with Crippen LogP contribution in [0, 0.1) is 0 Å². The third-order valence-electron chi connectivity index (χ3n) is 5.63. The first-order valence-electron chi connectivity index (χ1n) is 11.9. The molecule has 0 bridgehead atoms. The predicted octanol–water partition coefficient (Wildman–Crippen LogP) is 6.41. The summed E-state index contributed by atoms with van der Waals surface area (Å²) in [6.45, 7) is 6.82. The fraction of sp³-hybridized carbons (Fsp3) is 0.520. The van der Waals surface area contributed by atoms with E-state index in [0.717, 1.165) is 11.1 Å². The number of hydrogen-bond acceptors (Lipinski definition) is 5. The molecule has 0 unspecified atom stereocenters. The van der Waals surface area contributed by atoms with E-state index in [1.165, 1.54) is 62.4 Å². The third-order valence-corrected chi connectivity index (χ3v) is 10.9. The molecule has 0 fully saturated rings. The number of benzene rings is 1. The van der Waals surface area contributed by atoms with Crippen LogP contribution in [0.1, 0.15) is 75.2 Å². The lowest BCUT2D eigenvalue weighted by Crippen LogP contribution is -2.24. The molecule has 0 atom stereocenters. The number of carbonyl (C=O) groups excluding carboxylic acids is 1. The number of rotatable bonds is 12. The van der Waals surface area contributed by atoms with Gasteiger partial charge in [0.25, 0.3) is 0 Å². The monoisotopic (exact) mass is 533 g/mol. The van der Waals surface area contributed by atoms with Gasteiger partial charge in [-0.05, 0) is 25.3 Å². The maximum atomic E-state index is 13.0. The van der Waals surface area contributed by atoms with E-state index < -0.39 is 22.9 Å². The molecule has 0 amide bonds. The molecule has 2 rings (SSSR count). The Labute approximate surface area is 207 Å². The zero-order valence-electron chi connectivity index (χ0n) is 20.6. The molecule has 5 nitrogen and oxygen atoms in total. The van der Waals surface area contributed by atoms with Crippen LogP contribution in [0.2, 0.25) is 0 Å². The van der Waals surface area contributed by atoms with Crippen LogP contribution in [0.5, 0.6) is 0 Å². The van der Waals surface area contributed by atoms with Crippen molar-refractivity contribution < 1.29 is 30.9 Å². The van der Waals surface area contributed by atoms with Crippen LogP contribution in [-0.2, 0) is 10.1 Å². The van der Waals surface area contributed by atoms with Crippen molar-refractivity contribution in [1.82, 2.24) is 4.98 Å². The Hall–Kier alpha value is -1.83. The van der Waals surface area contributed by atoms with Crippen molar-refractivity contribution in [2.75, 3.05) is 18.5 Å². The van der Waals surface area contributed by atoms with Crippen molar-refractivity contribution in [3.05, 3.63) is 59.8 Å². The molecule has 0 spiro atoms. The fourth-order valence-electron chi connectivity index (χ4n) is 3.64. The minimum Gasteiger partial charge on any atom is -0.741 e. The van der Waals surface area contributed by atoms with E-state index in [4.69, 9.17) is 18.0 Å². The van der Waals surface area contributed by atoms with Gasteiger partial charge in [0.15, 0.2) is 21.3 Å². The Morgan fingerprint density at radius 2 is 1.34 bits per heavy atom. The van der Waals surface area contributed by atoms with Crippen LogP contribution in [0.3, 0.4) is 0 Å². The number of carbonyl (C=O) groups is 1. The lowest BCUT2D eigenvalue weighted by molar-refractivity contribution is -0.0517.